The van der Waals surface area contributed by atoms with E-state index in [0.717, 1.165) is 36.8 Å². The lowest BCUT2D eigenvalue weighted by molar-refractivity contribution is -0.161. The zero-order valence-corrected chi connectivity index (χ0v) is 14.2. The van der Waals surface area contributed by atoms with Crippen LogP contribution in [0.25, 0.3) is 0 Å². The minimum atomic E-state index is -0.665. The van der Waals surface area contributed by atoms with E-state index in [1.807, 2.05) is 32.0 Å². The highest BCUT2D eigenvalue weighted by Gasteiger charge is 2.43. The van der Waals surface area contributed by atoms with Crippen molar-refractivity contribution in [3.8, 4) is 0 Å². The van der Waals surface area contributed by atoms with Gasteiger partial charge in [-0.25, -0.2) is 0 Å². The van der Waals surface area contributed by atoms with Crippen molar-refractivity contribution >= 4 is 17.5 Å². The number of para-hydroxylation sites is 1. The average molecular weight is 332 g/mol. The number of anilines is 1. The van der Waals surface area contributed by atoms with Gasteiger partial charge < -0.3 is 20.1 Å². The largest absolute Gasteiger partial charge is 0.347 e. The molecular weight excluding hydrogens is 308 g/mol. The van der Waals surface area contributed by atoms with Crippen molar-refractivity contribution < 1.29 is 19.1 Å². The van der Waals surface area contributed by atoms with E-state index in [1.54, 1.807) is 0 Å². The second kappa shape index (κ2) is 6.91. The fourth-order valence-electron chi connectivity index (χ4n) is 3.36. The van der Waals surface area contributed by atoms with E-state index in [-0.39, 0.29) is 12.6 Å². The summed E-state index contributed by atoms with van der Waals surface area (Å²) in [5, 5.41) is 5.31. The van der Waals surface area contributed by atoms with Gasteiger partial charge in [-0.3, -0.25) is 9.59 Å². The van der Waals surface area contributed by atoms with Crippen LogP contribution in [-0.4, -0.2) is 36.9 Å². The first-order valence-corrected chi connectivity index (χ1v) is 8.46. The van der Waals surface area contributed by atoms with E-state index in [1.165, 1.54) is 0 Å². The predicted molar refractivity (Wildman–Crippen MR) is 89.6 cm³/mol. The Morgan fingerprint density at radius 1 is 1.17 bits per heavy atom. The summed E-state index contributed by atoms with van der Waals surface area (Å²) in [7, 11) is 0. The summed E-state index contributed by atoms with van der Waals surface area (Å²) in [6.07, 6.45) is 3.84. The van der Waals surface area contributed by atoms with Crippen LogP contribution in [0.1, 0.15) is 36.8 Å². The van der Waals surface area contributed by atoms with E-state index in [0.29, 0.717) is 12.3 Å². The lowest BCUT2D eigenvalue weighted by atomic mass is 10.1. The van der Waals surface area contributed by atoms with Gasteiger partial charge in [0.2, 0.25) is 0 Å². The van der Waals surface area contributed by atoms with Gasteiger partial charge in [0.15, 0.2) is 5.79 Å². The SMILES string of the molecule is Cc1cccc(C)c1NC(=O)C(=O)NC[C@@H]1COC2(CCCC2)O1. The molecule has 2 fully saturated rings. The number of nitrogens with one attached hydrogen (secondary N) is 2. The topological polar surface area (TPSA) is 76.7 Å². The monoisotopic (exact) mass is 332 g/mol. The molecule has 130 valence electrons. The van der Waals surface area contributed by atoms with Crippen LogP contribution in [0, 0.1) is 13.8 Å². The van der Waals surface area contributed by atoms with Crippen molar-refractivity contribution in [2.75, 3.05) is 18.5 Å². The smallest absolute Gasteiger partial charge is 0.313 e. The highest BCUT2D eigenvalue weighted by molar-refractivity contribution is 6.39. The van der Waals surface area contributed by atoms with Gasteiger partial charge in [-0.1, -0.05) is 18.2 Å². The molecular formula is C18H24N2O4. The van der Waals surface area contributed by atoms with E-state index >= 15 is 0 Å². The number of amides is 2. The number of carbonyl (C=O) groups is 2. The Balaban J connectivity index is 1.49. The maximum Gasteiger partial charge on any atom is 0.313 e. The first kappa shape index (κ1) is 16.9. The van der Waals surface area contributed by atoms with Crippen LogP contribution < -0.4 is 10.6 Å². The maximum absolute atomic E-state index is 12.1. The van der Waals surface area contributed by atoms with Crippen molar-refractivity contribution in [3.63, 3.8) is 0 Å². The molecule has 3 rings (SSSR count). The normalized spacial score (nSPS) is 21.8. The van der Waals surface area contributed by atoms with Gasteiger partial charge in [0.1, 0.15) is 6.10 Å². The minimum Gasteiger partial charge on any atom is -0.347 e. The summed E-state index contributed by atoms with van der Waals surface area (Å²) < 4.78 is 11.7. The van der Waals surface area contributed by atoms with Crippen molar-refractivity contribution in [3.05, 3.63) is 29.3 Å². The molecule has 1 spiro atoms. The number of carbonyl (C=O) groups excluding carboxylic acids is 2. The molecule has 2 N–H and O–H groups in total. The zero-order valence-electron chi connectivity index (χ0n) is 14.2. The van der Waals surface area contributed by atoms with E-state index in [9.17, 15) is 9.59 Å². The zero-order chi connectivity index (χ0) is 17.2. The molecule has 0 bridgehead atoms. The average Bonchev–Trinajstić information content (AvgIpc) is 3.19. The van der Waals surface area contributed by atoms with Gasteiger partial charge >= 0.3 is 11.8 Å². The standard InChI is InChI=1S/C18H24N2O4/c1-12-6-5-7-13(2)15(12)20-17(22)16(21)19-10-14-11-23-18(24-14)8-3-4-9-18/h5-7,14H,3-4,8-11H2,1-2H3,(H,19,21)(H,20,22)/t14-/m1/s1. The van der Waals surface area contributed by atoms with Gasteiger partial charge in [-0.05, 0) is 37.8 Å². The first-order valence-electron chi connectivity index (χ1n) is 8.46. The Bertz CT molecular complexity index is 618. The van der Waals surface area contributed by atoms with E-state index in [4.69, 9.17) is 9.47 Å². The third-order valence-electron chi connectivity index (χ3n) is 4.70. The van der Waals surface area contributed by atoms with Crippen molar-refractivity contribution in [1.29, 1.82) is 0 Å². The summed E-state index contributed by atoms with van der Waals surface area (Å²) in [6.45, 7) is 4.52. The Kier molecular flexibility index (Phi) is 4.87. The molecule has 1 heterocycles. The first-order chi connectivity index (χ1) is 11.5. The van der Waals surface area contributed by atoms with Crippen molar-refractivity contribution in [2.45, 2.75) is 51.4 Å². The molecule has 0 unspecified atom stereocenters. The molecule has 1 atom stereocenters. The van der Waals surface area contributed by atoms with Crippen molar-refractivity contribution in [1.82, 2.24) is 5.32 Å². The molecule has 0 aromatic heterocycles. The molecule has 1 aliphatic heterocycles. The lowest BCUT2D eigenvalue weighted by Gasteiger charge is -2.21. The van der Waals surface area contributed by atoms with Gasteiger partial charge in [0.25, 0.3) is 0 Å². The van der Waals surface area contributed by atoms with Gasteiger partial charge in [-0.2, -0.15) is 0 Å². The van der Waals surface area contributed by atoms with Crippen LogP contribution in [0.5, 0.6) is 0 Å². The molecule has 0 radical (unpaired) electrons. The molecule has 1 saturated heterocycles. The predicted octanol–water partition coefficient (Wildman–Crippen LogP) is 2.04. The Morgan fingerprint density at radius 3 is 2.50 bits per heavy atom. The fraction of sp³-hybridized carbons (Fsp3) is 0.556. The van der Waals surface area contributed by atoms with Crippen LogP contribution in [0.2, 0.25) is 0 Å². The van der Waals surface area contributed by atoms with Gasteiger partial charge in [0, 0.05) is 25.1 Å². The molecule has 6 heteroatoms. The van der Waals surface area contributed by atoms with Gasteiger partial charge in [0.05, 0.1) is 6.61 Å². The molecule has 1 aromatic rings. The number of aryl methyl sites for hydroxylation is 2. The molecule has 1 aliphatic carbocycles. The Morgan fingerprint density at radius 2 is 1.83 bits per heavy atom. The van der Waals surface area contributed by atoms with E-state index < -0.39 is 17.6 Å². The van der Waals surface area contributed by atoms with Crippen LogP contribution in [-0.2, 0) is 19.1 Å². The summed E-state index contributed by atoms with van der Waals surface area (Å²) in [5.41, 5.74) is 2.53. The third kappa shape index (κ3) is 3.60. The number of hydrogen-bond acceptors (Lipinski definition) is 4. The second-order valence-corrected chi connectivity index (χ2v) is 6.60. The number of benzene rings is 1. The fourth-order valence-corrected chi connectivity index (χ4v) is 3.36. The van der Waals surface area contributed by atoms with Crippen LogP contribution in [0.15, 0.2) is 18.2 Å². The molecule has 1 saturated carbocycles. The highest BCUT2D eigenvalue weighted by atomic mass is 16.7. The van der Waals surface area contributed by atoms with Crippen molar-refractivity contribution in [2.24, 2.45) is 0 Å². The molecule has 2 aliphatic rings. The number of ether oxygens (including phenoxy) is 2. The Labute approximate surface area is 141 Å². The molecule has 6 nitrogen and oxygen atoms in total. The summed E-state index contributed by atoms with van der Waals surface area (Å²) in [5.74, 6) is -1.77. The second-order valence-electron chi connectivity index (χ2n) is 6.60. The maximum atomic E-state index is 12.1. The van der Waals surface area contributed by atoms with E-state index in [2.05, 4.69) is 10.6 Å². The van der Waals surface area contributed by atoms with Crippen LogP contribution in [0.3, 0.4) is 0 Å². The van der Waals surface area contributed by atoms with Crippen LogP contribution >= 0.6 is 0 Å². The van der Waals surface area contributed by atoms with Gasteiger partial charge in [-0.15, -0.1) is 0 Å². The molecule has 2 amide bonds. The summed E-state index contributed by atoms with van der Waals surface area (Å²) in [4.78, 5) is 24.1. The highest BCUT2D eigenvalue weighted by Crippen LogP contribution is 2.38. The summed E-state index contributed by atoms with van der Waals surface area (Å²) in [6, 6.07) is 5.70. The summed E-state index contributed by atoms with van der Waals surface area (Å²) >= 11 is 0. The van der Waals surface area contributed by atoms with Crippen LogP contribution in [0.4, 0.5) is 5.69 Å². The lowest BCUT2D eigenvalue weighted by Crippen LogP contribution is -2.41. The quantitative estimate of drug-likeness (QED) is 0.831. The number of rotatable bonds is 3. The Hall–Kier alpha value is -1.92. The molecule has 1 aromatic carbocycles. The molecule has 24 heavy (non-hydrogen) atoms. The number of hydrogen-bond donors (Lipinski definition) is 2. The third-order valence-corrected chi connectivity index (χ3v) is 4.70. The minimum absolute atomic E-state index is 0.194.